The first-order valence-corrected chi connectivity index (χ1v) is 6.82. The first-order chi connectivity index (χ1) is 8.70. The maximum absolute atomic E-state index is 12.0. The number of anilines is 1. The van der Waals surface area contributed by atoms with Crippen molar-refractivity contribution >= 4 is 34.8 Å². The number of nitrogens with two attached hydrogens (primary N) is 1. The molecular weight excluding hydrogens is 295 g/mol. The lowest BCUT2D eigenvalue weighted by molar-refractivity contribution is -0.0327. The van der Waals surface area contributed by atoms with Crippen LogP contribution in [0, 0.1) is 13.8 Å². The molecule has 0 atom stereocenters. The maximum atomic E-state index is 12.0. The van der Waals surface area contributed by atoms with Gasteiger partial charge in [-0.05, 0) is 37.2 Å². The molecule has 0 radical (unpaired) electrons. The predicted octanol–water partition coefficient (Wildman–Crippen LogP) is 3.00. The number of aryl methyl sites for hydroxylation is 2. The van der Waals surface area contributed by atoms with Gasteiger partial charge in [0.05, 0.1) is 5.56 Å². The number of thiocarbonyl (C=S) groups is 1. The van der Waals surface area contributed by atoms with Crippen molar-refractivity contribution in [2.45, 2.75) is 19.4 Å². The molecule has 0 saturated carbocycles. The highest BCUT2D eigenvalue weighted by atomic mass is 32.2. The van der Waals surface area contributed by atoms with Gasteiger partial charge in [0.15, 0.2) is 0 Å². The molecule has 0 amide bonds. The zero-order valence-electron chi connectivity index (χ0n) is 10.5. The summed E-state index contributed by atoms with van der Waals surface area (Å²) in [5.74, 6) is 0.336. The molecule has 0 unspecified atom stereocenters. The minimum Gasteiger partial charge on any atom is -0.389 e. The Balaban J connectivity index is 2.75. The number of nitrogens with zero attached hydrogens (tertiary/aromatic N) is 1. The van der Waals surface area contributed by atoms with Crippen LogP contribution in [0.3, 0.4) is 0 Å². The van der Waals surface area contributed by atoms with Gasteiger partial charge in [0, 0.05) is 18.0 Å². The standard InChI is InChI=1S/C11H14F3N3S2/c1-6-5-7(2)17-10(8(6)9(15)18)16-3-4-19-11(12,13)14/h5H,3-4H2,1-2H3,(H2,15,18)(H,16,17). The van der Waals surface area contributed by atoms with Gasteiger partial charge in [0.1, 0.15) is 10.8 Å². The highest BCUT2D eigenvalue weighted by molar-refractivity contribution is 8.00. The lowest BCUT2D eigenvalue weighted by Gasteiger charge is -2.14. The average Bonchev–Trinajstić information content (AvgIpc) is 2.21. The van der Waals surface area contributed by atoms with E-state index in [0.717, 1.165) is 11.3 Å². The van der Waals surface area contributed by atoms with Gasteiger partial charge in [-0.15, -0.1) is 0 Å². The number of hydrogen-bond donors (Lipinski definition) is 2. The third kappa shape index (κ3) is 5.23. The predicted molar refractivity (Wildman–Crippen MR) is 76.6 cm³/mol. The van der Waals surface area contributed by atoms with Gasteiger partial charge in [-0.2, -0.15) is 13.2 Å². The van der Waals surface area contributed by atoms with Crippen LogP contribution in [0.2, 0.25) is 0 Å². The second-order valence-corrected chi connectivity index (χ2v) is 5.49. The molecule has 0 spiro atoms. The Bertz CT molecular complexity index is 475. The summed E-state index contributed by atoms with van der Waals surface area (Å²) in [5.41, 5.74) is 3.57. The van der Waals surface area contributed by atoms with Crippen LogP contribution in [-0.2, 0) is 0 Å². The van der Waals surface area contributed by atoms with E-state index in [1.54, 1.807) is 6.92 Å². The lowest BCUT2D eigenvalue weighted by atomic mass is 10.1. The molecule has 1 heterocycles. The Hall–Kier alpha value is -1.02. The number of alkyl halides is 3. The van der Waals surface area contributed by atoms with Crippen LogP contribution in [0.1, 0.15) is 16.8 Å². The largest absolute Gasteiger partial charge is 0.441 e. The zero-order valence-corrected chi connectivity index (χ0v) is 12.1. The van der Waals surface area contributed by atoms with Crippen LogP contribution in [-0.4, -0.2) is 27.8 Å². The Morgan fingerprint density at radius 3 is 2.63 bits per heavy atom. The molecule has 19 heavy (non-hydrogen) atoms. The highest BCUT2D eigenvalue weighted by Gasteiger charge is 2.27. The normalized spacial score (nSPS) is 11.4. The number of halogens is 3. The monoisotopic (exact) mass is 309 g/mol. The van der Waals surface area contributed by atoms with E-state index in [4.69, 9.17) is 18.0 Å². The molecule has 1 rings (SSSR count). The van der Waals surface area contributed by atoms with Gasteiger partial charge >= 0.3 is 5.51 Å². The second-order valence-electron chi connectivity index (χ2n) is 3.89. The fourth-order valence-corrected chi connectivity index (χ4v) is 2.31. The summed E-state index contributed by atoms with van der Waals surface area (Å²) in [6.07, 6.45) is 0. The van der Waals surface area contributed by atoms with Crippen molar-refractivity contribution in [1.29, 1.82) is 0 Å². The third-order valence-corrected chi connectivity index (χ3v) is 3.19. The van der Waals surface area contributed by atoms with E-state index < -0.39 is 5.51 Å². The van der Waals surface area contributed by atoms with Crippen LogP contribution in [0.4, 0.5) is 19.0 Å². The second kappa shape index (κ2) is 6.42. The molecule has 1 aromatic heterocycles. The lowest BCUT2D eigenvalue weighted by Crippen LogP contribution is -2.18. The number of pyridine rings is 1. The number of hydrogen-bond acceptors (Lipinski definition) is 4. The van der Waals surface area contributed by atoms with Gasteiger partial charge in [0.2, 0.25) is 0 Å². The van der Waals surface area contributed by atoms with E-state index in [9.17, 15) is 13.2 Å². The van der Waals surface area contributed by atoms with Crippen LogP contribution in [0.15, 0.2) is 6.07 Å². The van der Waals surface area contributed by atoms with Crippen molar-refractivity contribution < 1.29 is 13.2 Å². The Kier molecular flexibility index (Phi) is 5.42. The van der Waals surface area contributed by atoms with Gasteiger partial charge in [-0.1, -0.05) is 12.2 Å². The molecule has 3 nitrogen and oxygen atoms in total. The van der Waals surface area contributed by atoms with E-state index in [1.165, 1.54) is 0 Å². The van der Waals surface area contributed by atoms with Crippen LogP contribution in [0.25, 0.3) is 0 Å². The molecule has 8 heteroatoms. The Morgan fingerprint density at radius 1 is 1.47 bits per heavy atom. The summed E-state index contributed by atoms with van der Waals surface area (Å²) in [4.78, 5) is 4.40. The smallest absolute Gasteiger partial charge is 0.389 e. The van der Waals surface area contributed by atoms with E-state index in [-0.39, 0.29) is 29.0 Å². The fraction of sp³-hybridized carbons (Fsp3) is 0.455. The van der Waals surface area contributed by atoms with E-state index in [2.05, 4.69) is 10.3 Å². The molecule has 106 valence electrons. The molecule has 0 aliphatic carbocycles. The summed E-state index contributed by atoms with van der Waals surface area (Å²) >= 11 is 4.85. The first-order valence-electron chi connectivity index (χ1n) is 5.43. The molecule has 0 aromatic carbocycles. The summed E-state index contributed by atoms with van der Waals surface area (Å²) in [6, 6.07) is 1.82. The topological polar surface area (TPSA) is 50.9 Å². The van der Waals surface area contributed by atoms with Crippen LogP contribution < -0.4 is 11.1 Å². The third-order valence-electron chi connectivity index (χ3n) is 2.25. The summed E-state index contributed by atoms with van der Waals surface area (Å²) in [7, 11) is 0. The zero-order chi connectivity index (χ0) is 14.6. The van der Waals surface area contributed by atoms with E-state index in [0.29, 0.717) is 11.4 Å². The number of aromatic nitrogens is 1. The summed E-state index contributed by atoms with van der Waals surface area (Å²) < 4.78 is 36.0. The summed E-state index contributed by atoms with van der Waals surface area (Å²) in [6.45, 7) is 3.76. The average molecular weight is 309 g/mol. The quantitative estimate of drug-likeness (QED) is 0.647. The SMILES string of the molecule is Cc1cc(C)c(C(N)=S)c(NCCSC(F)(F)F)n1. The van der Waals surface area contributed by atoms with Crippen molar-refractivity contribution in [2.75, 3.05) is 17.6 Å². The number of rotatable bonds is 5. The molecule has 1 aromatic rings. The van der Waals surface area contributed by atoms with Gasteiger partial charge < -0.3 is 11.1 Å². The molecular formula is C11H14F3N3S2. The van der Waals surface area contributed by atoms with Crippen molar-refractivity contribution in [1.82, 2.24) is 4.98 Å². The van der Waals surface area contributed by atoms with E-state index in [1.807, 2.05) is 13.0 Å². The van der Waals surface area contributed by atoms with Crippen molar-refractivity contribution in [3.63, 3.8) is 0 Å². The van der Waals surface area contributed by atoms with E-state index >= 15 is 0 Å². The minimum absolute atomic E-state index is 0.0789. The molecule has 0 saturated heterocycles. The highest BCUT2D eigenvalue weighted by Crippen LogP contribution is 2.29. The molecule has 0 aliphatic heterocycles. The van der Waals surface area contributed by atoms with Crippen molar-refractivity contribution in [3.05, 3.63) is 22.9 Å². The molecule has 0 fully saturated rings. The minimum atomic E-state index is -4.22. The number of nitrogens with one attached hydrogen (secondary N) is 1. The Morgan fingerprint density at radius 2 is 2.11 bits per heavy atom. The van der Waals surface area contributed by atoms with Crippen molar-refractivity contribution in [2.24, 2.45) is 5.73 Å². The van der Waals surface area contributed by atoms with Gasteiger partial charge in [-0.25, -0.2) is 4.98 Å². The first kappa shape index (κ1) is 16.0. The maximum Gasteiger partial charge on any atom is 0.441 e. The molecule has 3 N–H and O–H groups in total. The molecule has 0 bridgehead atoms. The van der Waals surface area contributed by atoms with Gasteiger partial charge in [0.25, 0.3) is 0 Å². The van der Waals surface area contributed by atoms with Crippen molar-refractivity contribution in [3.8, 4) is 0 Å². The number of thioether (sulfide) groups is 1. The van der Waals surface area contributed by atoms with Gasteiger partial charge in [-0.3, -0.25) is 0 Å². The molecule has 0 aliphatic rings. The van der Waals surface area contributed by atoms with Crippen LogP contribution >= 0.6 is 24.0 Å². The summed E-state index contributed by atoms with van der Waals surface area (Å²) in [5, 5.41) is 2.85. The Labute approximate surface area is 119 Å². The fourth-order valence-electron chi connectivity index (χ4n) is 1.61. The van der Waals surface area contributed by atoms with Crippen LogP contribution in [0.5, 0.6) is 0 Å².